The molecule has 16 heavy (non-hydrogen) atoms. The second-order valence-electron chi connectivity index (χ2n) is 3.51. The van der Waals surface area contributed by atoms with Crippen molar-refractivity contribution in [1.29, 1.82) is 0 Å². The van der Waals surface area contributed by atoms with Crippen molar-refractivity contribution >= 4 is 6.29 Å². The highest BCUT2D eigenvalue weighted by atomic mass is 19.2. The number of hydrogen-bond donors (Lipinski definition) is 0. The number of carbonyl (C=O) groups excluding carboxylic acids is 1. The van der Waals surface area contributed by atoms with Crippen LogP contribution in [0.15, 0.2) is 23.8 Å². The third kappa shape index (κ3) is 3.15. The van der Waals surface area contributed by atoms with E-state index in [1.165, 1.54) is 0 Å². The molecule has 0 aromatic heterocycles. The van der Waals surface area contributed by atoms with Crippen molar-refractivity contribution in [1.82, 2.24) is 0 Å². The molecule has 0 N–H and O–H groups in total. The minimum atomic E-state index is -1.06. The topological polar surface area (TPSA) is 26.3 Å². The average molecular weight is 226 g/mol. The monoisotopic (exact) mass is 226 g/mol. The second kappa shape index (κ2) is 5.39. The van der Waals surface area contributed by atoms with Crippen LogP contribution in [0.25, 0.3) is 0 Å². The van der Waals surface area contributed by atoms with E-state index in [0.29, 0.717) is 6.29 Å². The van der Waals surface area contributed by atoms with Gasteiger partial charge in [-0.25, -0.2) is 8.78 Å². The molecule has 0 saturated heterocycles. The number of carbonyl (C=O) groups is 1. The zero-order chi connectivity index (χ0) is 12.1. The molecule has 2 nitrogen and oxygen atoms in total. The van der Waals surface area contributed by atoms with Crippen LogP contribution in [0.2, 0.25) is 0 Å². The summed E-state index contributed by atoms with van der Waals surface area (Å²) in [6.07, 6.45) is 2.20. The Morgan fingerprint density at radius 1 is 1.31 bits per heavy atom. The lowest BCUT2D eigenvalue weighted by Crippen LogP contribution is -2.00. The summed E-state index contributed by atoms with van der Waals surface area (Å²) in [5.74, 6) is -2.04. The van der Waals surface area contributed by atoms with E-state index >= 15 is 0 Å². The number of hydrogen-bond acceptors (Lipinski definition) is 2. The van der Waals surface area contributed by atoms with Gasteiger partial charge in [0.25, 0.3) is 0 Å². The van der Waals surface area contributed by atoms with Gasteiger partial charge in [0.15, 0.2) is 17.9 Å². The van der Waals surface area contributed by atoms with Crippen LogP contribution < -0.4 is 4.74 Å². The molecule has 1 aromatic carbocycles. The number of aldehydes is 1. The minimum absolute atomic E-state index is 0.000978. The smallest absolute Gasteiger partial charge is 0.162 e. The van der Waals surface area contributed by atoms with Gasteiger partial charge in [0.2, 0.25) is 0 Å². The van der Waals surface area contributed by atoms with Crippen molar-refractivity contribution < 1.29 is 18.3 Å². The van der Waals surface area contributed by atoms with E-state index in [2.05, 4.69) is 0 Å². The lowest BCUT2D eigenvalue weighted by molar-refractivity contribution is 0.111. The van der Waals surface area contributed by atoms with Crippen molar-refractivity contribution in [3.63, 3.8) is 0 Å². The van der Waals surface area contributed by atoms with Crippen LogP contribution in [0.5, 0.6) is 5.75 Å². The third-order valence-corrected chi connectivity index (χ3v) is 1.91. The Kier molecular flexibility index (Phi) is 4.17. The van der Waals surface area contributed by atoms with Crippen LogP contribution in [-0.4, -0.2) is 12.9 Å². The first-order chi connectivity index (χ1) is 7.54. The van der Waals surface area contributed by atoms with Gasteiger partial charge in [0.1, 0.15) is 12.4 Å². The van der Waals surface area contributed by atoms with Gasteiger partial charge in [-0.05, 0) is 26.0 Å². The Morgan fingerprint density at radius 3 is 2.50 bits per heavy atom. The van der Waals surface area contributed by atoms with Gasteiger partial charge >= 0.3 is 0 Å². The molecule has 0 spiro atoms. The molecular weight excluding hydrogens is 214 g/mol. The molecule has 0 saturated carbocycles. The highest BCUT2D eigenvalue weighted by molar-refractivity contribution is 5.79. The van der Waals surface area contributed by atoms with Crippen LogP contribution in [0.3, 0.4) is 0 Å². The maximum Gasteiger partial charge on any atom is 0.162 e. The van der Waals surface area contributed by atoms with Crippen molar-refractivity contribution in [3.05, 3.63) is 41.0 Å². The molecule has 86 valence electrons. The second-order valence-corrected chi connectivity index (χ2v) is 3.51. The summed E-state index contributed by atoms with van der Waals surface area (Å²) in [5, 5.41) is 0. The van der Waals surface area contributed by atoms with Gasteiger partial charge in [-0.1, -0.05) is 5.57 Å². The lowest BCUT2D eigenvalue weighted by atomic mass is 10.2. The summed E-state index contributed by atoms with van der Waals surface area (Å²) in [6, 6.07) is 1.69. The van der Waals surface area contributed by atoms with E-state index in [9.17, 15) is 13.6 Å². The molecule has 0 unspecified atom stereocenters. The van der Waals surface area contributed by atoms with E-state index in [4.69, 9.17) is 4.74 Å². The lowest BCUT2D eigenvalue weighted by Gasteiger charge is -2.07. The first kappa shape index (κ1) is 12.4. The Balaban J connectivity index is 2.90. The minimum Gasteiger partial charge on any atom is -0.489 e. The van der Waals surface area contributed by atoms with Crippen LogP contribution in [0.1, 0.15) is 24.2 Å². The van der Waals surface area contributed by atoms with Crippen molar-refractivity contribution in [3.8, 4) is 5.75 Å². The Morgan fingerprint density at radius 2 is 1.94 bits per heavy atom. The average Bonchev–Trinajstić information content (AvgIpc) is 2.22. The molecule has 0 heterocycles. The number of allylic oxidation sites excluding steroid dienone is 1. The van der Waals surface area contributed by atoms with Gasteiger partial charge < -0.3 is 4.74 Å². The number of benzene rings is 1. The van der Waals surface area contributed by atoms with Gasteiger partial charge in [0.05, 0.1) is 5.56 Å². The molecule has 1 rings (SSSR count). The summed E-state index contributed by atoms with van der Waals surface area (Å²) < 4.78 is 30.9. The SMILES string of the molecule is CC(C)=CCOc1cc(F)c(F)cc1C=O. The first-order valence-corrected chi connectivity index (χ1v) is 4.75. The molecule has 0 radical (unpaired) electrons. The third-order valence-electron chi connectivity index (χ3n) is 1.91. The summed E-state index contributed by atoms with van der Waals surface area (Å²) in [6.45, 7) is 3.98. The van der Waals surface area contributed by atoms with E-state index in [1.54, 1.807) is 6.08 Å². The fraction of sp³-hybridized carbons (Fsp3) is 0.250. The van der Waals surface area contributed by atoms with Crippen LogP contribution in [0, 0.1) is 11.6 Å². The molecule has 0 fully saturated rings. The van der Waals surface area contributed by atoms with Gasteiger partial charge in [0, 0.05) is 6.07 Å². The molecule has 0 aliphatic carbocycles. The van der Waals surface area contributed by atoms with E-state index in [-0.39, 0.29) is 17.9 Å². The Hall–Kier alpha value is -1.71. The normalized spacial score (nSPS) is 9.75. The molecule has 0 aliphatic rings. The maximum absolute atomic E-state index is 12.9. The Bertz CT molecular complexity index is 421. The van der Waals surface area contributed by atoms with Crippen molar-refractivity contribution in [2.45, 2.75) is 13.8 Å². The van der Waals surface area contributed by atoms with E-state index < -0.39 is 11.6 Å². The van der Waals surface area contributed by atoms with E-state index in [0.717, 1.165) is 17.7 Å². The summed E-state index contributed by atoms with van der Waals surface area (Å²) in [7, 11) is 0. The summed E-state index contributed by atoms with van der Waals surface area (Å²) in [5.41, 5.74) is 1.04. The maximum atomic E-state index is 12.9. The van der Waals surface area contributed by atoms with Crippen LogP contribution >= 0.6 is 0 Å². The van der Waals surface area contributed by atoms with Crippen molar-refractivity contribution in [2.75, 3.05) is 6.61 Å². The van der Waals surface area contributed by atoms with Crippen molar-refractivity contribution in [2.24, 2.45) is 0 Å². The van der Waals surface area contributed by atoms with Crippen LogP contribution in [-0.2, 0) is 0 Å². The fourth-order valence-corrected chi connectivity index (χ4v) is 1.06. The number of rotatable bonds is 4. The van der Waals surface area contributed by atoms with Crippen LogP contribution in [0.4, 0.5) is 8.78 Å². The molecule has 0 atom stereocenters. The molecule has 0 bridgehead atoms. The molecule has 0 aliphatic heterocycles. The molecule has 1 aromatic rings. The number of ether oxygens (including phenoxy) is 1. The molecule has 4 heteroatoms. The fourth-order valence-electron chi connectivity index (χ4n) is 1.06. The summed E-state index contributed by atoms with van der Waals surface area (Å²) in [4.78, 5) is 10.6. The highest BCUT2D eigenvalue weighted by Gasteiger charge is 2.09. The first-order valence-electron chi connectivity index (χ1n) is 4.75. The zero-order valence-electron chi connectivity index (χ0n) is 9.09. The van der Waals surface area contributed by atoms with Gasteiger partial charge in [-0.15, -0.1) is 0 Å². The quantitative estimate of drug-likeness (QED) is 0.582. The predicted molar refractivity (Wildman–Crippen MR) is 56.7 cm³/mol. The predicted octanol–water partition coefficient (Wildman–Crippen LogP) is 3.12. The van der Waals surface area contributed by atoms with E-state index in [1.807, 2.05) is 13.8 Å². The van der Waals surface area contributed by atoms with Gasteiger partial charge in [-0.2, -0.15) is 0 Å². The zero-order valence-corrected chi connectivity index (χ0v) is 9.09. The molecule has 0 amide bonds. The van der Waals surface area contributed by atoms with Gasteiger partial charge in [-0.3, -0.25) is 4.79 Å². The Labute approximate surface area is 92.5 Å². The standard InChI is InChI=1S/C12H12F2O2/c1-8(2)3-4-16-12-6-11(14)10(13)5-9(12)7-15/h3,5-7H,4H2,1-2H3. The number of halogens is 2. The summed E-state index contributed by atoms with van der Waals surface area (Å²) >= 11 is 0. The highest BCUT2D eigenvalue weighted by Crippen LogP contribution is 2.20. The molecular formula is C12H12F2O2. The largest absolute Gasteiger partial charge is 0.489 e.